The molecule has 3 heteroatoms. The van der Waals surface area contributed by atoms with Crippen LogP contribution in [0.3, 0.4) is 0 Å². The lowest BCUT2D eigenvalue weighted by atomic mass is 9.89. The van der Waals surface area contributed by atoms with Crippen molar-refractivity contribution in [3.8, 4) is 0 Å². The third-order valence-corrected chi connectivity index (χ3v) is 2.23. The van der Waals surface area contributed by atoms with Crippen LogP contribution in [0.15, 0.2) is 11.6 Å². The maximum absolute atomic E-state index is 11.3. The molecule has 58 valence electrons. The van der Waals surface area contributed by atoms with Crippen LogP contribution in [0.1, 0.15) is 13.8 Å². The molecule has 1 heterocycles. The Morgan fingerprint density at radius 1 is 1.55 bits per heavy atom. The van der Waals surface area contributed by atoms with Gasteiger partial charge in [0.05, 0.1) is 0 Å². The van der Waals surface area contributed by atoms with Gasteiger partial charge in [-0.3, -0.25) is 9.59 Å². The fraction of sp³-hybridized carbons (Fsp3) is 0.500. The molecule has 0 N–H and O–H groups in total. The van der Waals surface area contributed by atoms with Crippen LogP contribution in [-0.2, 0) is 14.3 Å². The Labute approximate surface area is 64.0 Å². The summed E-state index contributed by atoms with van der Waals surface area (Å²) in [6.45, 7) is 3.30. The van der Waals surface area contributed by atoms with E-state index in [2.05, 4.69) is 0 Å². The molecule has 2 rings (SSSR count). The first-order valence-electron chi connectivity index (χ1n) is 3.50. The van der Waals surface area contributed by atoms with E-state index in [1.165, 1.54) is 6.08 Å². The molecular weight excluding hydrogens is 144 g/mol. The SMILES string of the molecule is CC1=CC(=O)C2OC2(C)C1=O. The summed E-state index contributed by atoms with van der Waals surface area (Å²) in [7, 11) is 0. The maximum Gasteiger partial charge on any atom is 0.193 e. The molecule has 0 amide bonds. The highest BCUT2D eigenvalue weighted by Gasteiger charge is 2.63. The molecule has 1 aliphatic heterocycles. The highest BCUT2D eigenvalue weighted by Crippen LogP contribution is 2.42. The van der Waals surface area contributed by atoms with Crippen molar-refractivity contribution in [3.05, 3.63) is 11.6 Å². The predicted molar refractivity (Wildman–Crippen MR) is 37.0 cm³/mol. The van der Waals surface area contributed by atoms with E-state index in [9.17, 15) is 9.59 Å². The fourth-order valence-electron chi connectivity index (χ4n) is 1.46. The van der Waals surface area contributed by atoms with Gasteiger partial charge in [-0.15, -0.1) is 0 Å². The monoisotopic (exact) mass is 152 g/mol. The number of hydrogen-bond donors (Lipinski definition) is 0. The quantitative estimate of drug-likeness (QED) is 0.467. The Hall–Kier alpha value is -0.960. The van der Waals surface area contributed by atoms with Crippen LogP contribution >= 0.6 is 0 Å². The van der Waals surface area contributed by atoms with Crippen molar-refractivity contribution in [2.24, 2.45) is 0 Å². The van der Waals surface area contributed by atoms with Gasteiger partial charge in [-0.05, 0) is 25.5 Å². The highest BCUT2D eigenvalue weighted by atomic mass is 16.6. The molecule has 0 bridgehead atoms. The lowest BCUT2D eigenvalue weighted by molar-refractivity contribution is -0.122. The molecule has 1 saturated heterocycles. The maximum atomic E-state index is 11.3. The van der Waals surface area contributed by atoms with Crippen molar-refractivity contribution in [2.45, 2.75) is 25.6 Å². The predicted octanol–water partition coefficient (Wildman–Crippen LogP) is 0.242. The van der Waals surface area contributed by atoms with Crippen LogP contribution in [0, 0.1) is 0 Å². The summed E-state index contributed by atoms with van der Waals surface area (Å²) in [5, 5.41) is 0. The van der Waals surface area contributed by atoms with Gasteiger partial charge in [-0.25, -0.2) is 0 Å². The van der Waals surface area contributed by atoms with Crippen molar-refractivity contribution in [3.63, 3.8) is 0 Å². The van der Waals surface area contributed by atoms with Crippen LogP contribution in [0.5, 0.6) is 0 Å². The molecule has 1 aliphatic carbocycles. The Morgan fingerprint density at radius 2 is 2.18 bits per heavy atom. The Morgan fingerprint density at radius 3 is 2.82 bits per heavy atom. The van der Waals surface area contributed by atoms with Gasteiger partial charge in [-0.1, -0.05) is 0 Å². The lowest BCUT2D eigenvalue weighted by Gasteiger charge is -2.08. The molecule has 0 radical (unpaired) electrons. The average molecular weight is 152 g/mol. The van der Waals surface area contributed by atoms with Crippen LogP contribution in [-0.4, -0.2) is 23.3 Å². The van der Waals surface area contributed by atoms with Gasteiger partial charge in [0.25, 0.3) is 0 Å². The molecule has 0 aromatic heterocycles. The normalized spacial score (nSPS) is 41.6. The molecule has 2 unspecified atom stereocenters. The lowest BCUT2D eigenvalue weighted by Crippen LogP contribution is -2.31. The number of fused-ring (bicyclic) bond motifs is 1. The molecule has 1 fully saturated rings. The van der Waals surface area contributed by atoms with E-state index >= 15 is 0 Å². The molecule has 0 aromatic carbocycles. The molecule has 0 aromatic rings. The number of epoxide rings is 1. The average Bonchev–Trinajstić information content (AvgIpc) is 2.60. The van der Waals surface area contributed by atoms with E-state index in [1.54, 1.807) is 13.8 Å². The first-order chi connectivity index (χ1) is 5.05. The Balaban J connectivity index is 2.46. The van der Waals surface area contributed by atoms with Crippen LogP contribution in [0.4, 0.5) is 0 Å². The molecule has 2 aliphatic rings. The summed E-state index contributed by atoms with van der Waals surface area (Å²) in [6.07, 6.45) is 0.876. The van der Waals surface area contributed by atoms with Crippen molar-refractivity contribution in [2.75, 3.05) is 0 Å². The van der Waals surface area contributed by atoms with Gasteiger partial charge in [0.15, 0.2) is 23.3 Å². The number of ether oxygens (including phenoxy) is 1. The zero-order valence-corrected chi connectivity index (χ0v) is 6.38. The first kappa shape index (κ1) is 6.73. The van der Waals surface area contributed by atoms with Crippen molar-refractivity contribution in [1.29, 1.82) is 0 Å². The fourth-order valence-corrected chi connectivity index (χ4v) is 1.46. The van der Waals surface area contributed by atoms with Crippen molar-refractivity contribution < 1.29 is 14.3 Å². The minimum absolute atomic E-state index is 0.0536. The summed E-state index contributed by atoms with van der Waals surface area (Å²) < 4.78 is 5.01. The number of hydrogen-bond acceptors (Lipinski definition) is 3. The highest BCUT2D eigenvalue weighted by molar-refractivity contribution is 6.17. The van der Waals surface area contributed by atoms with E-state index < -0.39 is 11.7 Å². The summed E-state index contributed by atoms with van der Waals surface area (Å²) in [6, 6.07) is 0. The molecular formula is C8H8O3. The van der Waals surface area contributed by atoms with Gasteiger partial charge in [0, 0.05) is 0 Å². The second-order valence-corrected chi connectivity index (χ2v) is 3.16. The minimum Gasteiger partial charge on any atom is -0.349 e. The van der Waals surface area contributed by atoms with E-state index in [4.69, 9.17) is 4.74 Å². The molecule has 2 atom stereocenters. The van der Waals surface area contributed by atoms with Gasteiger partial charge in [-0.2, -0.15) is 0 Å². The van der Waals surface area contributed by atoms with E-state index in [0.717, 1.165) is 0 Å². The number of Topliss-reactive ketones (excluding diaryl/α,β-unsaturated/α-hetero) is 1. The minimum atomic E-state index is -0.810. The van der Waals surface area contributed by atoms with E-state index in [1.807, 2.05) is 0 Å². The van der Waals surface area contributed by atoms with Crippen LogP contribution in [0.2, 0.25) is 0 Å². The summed E-state index contributed by atoms with van der Waals surface area (Å²) >= 11 is 0. The zero-order valence-electron chi connectivity index (χ0n) is 6.38. The molecule has 0 saturated carbocycles. The van der Waals surface area contributed by atoms with E-state index in [0.29, 0.717) is 5.57 Å². The largest absolute Gasteiger partial charge is 0.349 e. The summed E-state index contributed by atoms with van der Waals surface area (Å²) in [5.74, 6) is -0.133. The number of carbonyl (C=O) groups excluding carboxylic acids is 2. The van der Waals surface area contributed by atoms with Gasteiger partial charge in [0.2, 0.25) is 0 Å². The summed E-state index contributed by atoms with van der Waals surface area (Å²) in [4.78, 5) is 22.3. The standard InChI is InChI=1S/C8H8O3/c1-4-3-5(9)7-8(2,11-7)6(4)10/h3,7H,1-2H3. The second kappa shape index (κ2) is 1.61. The first-order valence-corrected chi connectivity index (χ1v) is 3.50. The van der Waals surface area contributed by atoms with Gasteiger partial charge >= 0.3 is 0 Å². The van der Waals surface area contributed by atoms with Crippen LogP contribution in [0.25, 0.3) is 0 Å². The molecule has 3 nitrogen and oxygen atoms in total. The molecule has 11 heavy (non-hydrogen) atoms. The van der Waals surface area contributed by atoms with E-state index in [-0.39, 0.29) is 11.6 Å². The smallest absolute Gasteiger partial charge is 0.193 e. The Kier molecular flexibility index (Phi) is 0.986. The van der Waals surface area contributed by atoms with Crippen LogP contribution < -0.4 is 0 Å². The van der Waals surface area contributed by atoms with Crippen molar-refractivity contribution in [1.82, 2.24) is 0 Å². The summed E-state index contributed by atoms with van der Waals surface area (Å²) in [5.41, 5.74) is -0.304. The topological polar surface area (TPSA) is 46.7 Å². The number of carbonyl (C=O) groups is 2. The zero-order chi connectivity index (χ0) is 8.22. The third kappa shape index (κ3) is 0.661. The van der Waals surface area contributed by atoms with Gasteiger partial charge in [0.1, 0.15) is 0 Å². The third-order valence-electron chi connectivity index (χ3n) is 2.23. The molecule has 0 spiro atoms. The number of ketones is 2. The van der Waals surface area contributed by atoms with Gasteiger partial charge < -0.3 is 4.74 Å². The van der Waals surface area contributed by atoms with Crippen molar-refractivity contribution >= 4 is 11.6 Å². The second-order valence-electron chi connectivity index (χ2n) is 3.16. The Bertz CT molecular complexity index is 290. The number of rotatable bonds is 0.